The number of rotatable bonds is 4. The van der Waals surface area contributed by atoms with Crippen molar-refractivity contribution in [2.45, 2.75) is 26.3 Å². The molecule has 17 heavy (non-hydrogen) atoms. The first-order chi connectivity index (χ1) is 8.19. The van der Waals surface area contributed by atoms with E-state index in [1.807, 2.05) is 13.0 Å². The summed E-state index contributed by atoms with van der Waals surface area (Å²) in [7, 11) is 0. The molecule has 1 aromatic rings. The highest BCUT2D eigenvalue weighted by Gasteiger charge is 2.22. The number of likely N-dealkylation sites (tertiary alicyclic amines) is 1. The molecule has 1 atom stereocenters. The number of alkyl halides is 1. The van der Waals surface area contributed by atoms with E-state index in [0.29, 0.717) is 0 Å². The molecular weight excluding hydrogens is 237 g/mol. The second-order valence-corrected chi connectivity index (χ2v) is 5.32. The van der Waals surface area contributed by atoms with Gasteiger partial charge < -0.3 is 0 Å². The van der Waals surface area contributed by atoms with Crippen LogP contribution in [0.2, 0.25) is 0 Å². The molecule has 2 rings (SSSR count). The van der Waals surface area contributed by atoms with Crippen molar-refractivity contribution in [1.29, 1.82) is 0 Å². The number of hydrogen-bond donors (Lipinski definition) is 0. The molecule has 1 aromatic carbocycles. The Morgan fingerprint density at radius 3 is 3.06 bits per heavy atom. The molecule has 0 bridgehead atoms. The third-order valence-electron chi connectivity index (χ3n) is 3.59. The zero-order valence-corrected chi connectivity index (χ0v) is 11.0. The summed E-state index contributed by atoms with van der Waals surface area (Å²) in [6.45, 7) is 5.11. The highest BCUT2D eigenvalue weighted by Crippen LogP contribution is 2.23. The fraction of sp³-hybridized carbons (Fsp3) is 0.571. The summed E-state index contributed by atoms with van der Waals surface area (Å²) in [6.07, 6.45) is 2.32. The van der Waals surface area contributed by atoms with E-state index in [1.165, 1.54) is 18.1 Å². The molecule has 0 aromatic heterocycles. The third kappa shape index (κ3) is 3.43. The molecule has 0 saturated carbocycles. The Hall–Kier alpha value is -0.600. The van der Waals surface area contributed by atoms with Gasteiger partial charge in [-0.3, -0.25) is 4.90 Å². The highest BCUT2D eigenvalue weighted by atomic mass is 35.5. The SMILES string of the molecule is Cc1ccc(F)cc1CN1CCC(CCCl)C1. The molecule has 94 valence electrons. The summed E-state index contributed by atoms with van der Waals surface area (Å²) in [5.74, 6) is 1.33. The zero-order valence-electron chi connectivity index (χ0n) is 10.3. The van der Waals surface area contributed by atoms with Gasteiger partial charge in [-0.2, -0.15) is 0 Å². The lowest BCUT2D eigenvalue weighted by Crippen LogP contribution is -2.20. The smallest absolute Gasteiger partial charge is 0.123 e. The molecule has 0 N–H and O–H groups in total. The Labute approximate surface area is 108 Å². The fourth-order valence-electron chi connectivity index (χ4n) is 2.50. The third-order valence-corrected chi connectivity index (χ3v) is 3.81. The van der Waals surface area contributed by atoms with Crippen LogP contribution in [0.4, 0.5) is 4.39 Å². The van der Waals surface area contributed by atoms with Crippen LogP contribution in [0.25, 0.3) is 0 Å². The second kappa shape index (κ2) is 5.83. The predicted molar refractivity (Wildman–Crippen MR) is 69.9 cm³/mol. The topological polar surface area (TPSA) is 3.24 Å². The van der Waals surface area contributed by atoms with Crippen molar-refractivity contribution >= 4 is 11.6 Å². The minimum atomic E-state index is -0.137. The molecule has 0 radical (unpaired) electrons. The first-order valence-corrected chi connectivity index (χ1v) is 6.76. The van der Waals surface area contributed by atoms with E-state index in [-0.39, 0.29) is 5.82 Å². The molecule has 0 amide bonds. The van der Waals surface area contributed by atoms with E-state index in [0.717, 1.165) is 43.4 Å². The minimum absolute atomic E-state index is 0.137. The molecule has 3 heteroatoms. The van der Waals surface area contributed by atoms with Crippen molar-refractivity contribution in [3.63, 3.8) is 0 Å². The van der Waals surface area contributed by atoms with Crippen LogP contribution in [0.1, 0.15) is 24.0 Å². The maximum atomic E-state index is 13.2. The Morgan fingerprint density at radius 2 is 2.29 bits per heavy atom. The first kappa shape index (κ1) is 12.8. The normalized spacial score (nSPS) is 21.0. The van der Waals surface area contributed by atoms with Crippen molar-refractivity contribution in [2.75, 3.05) is 19.0 Å². The fourth-order valence-corrected chi connectivity index (χ4v) is 2.81. The predicted octanol–water partition coefficient (Wildman–Crippen LogP) is 3.58. The lowest BCUT2D eigenvalue weighted by atomic mass is 10.1. The Kier molecular flexibility index (Phi) is 4.41. The monoisotopic (exact) mass is 255 g/mol. The molecule has 1 heterocycles. The minimum Gasteiger partial charge on any atom is -0.299 e. The van der Waals surface area contributed by atoms with Crippen LogP contribution in [0, 0.1) is 18.7 Å². The van der Waals surface area contributed by atoms with Gasteiger partial charge in [-0.25, -0.2) is 4.39 Å². The van der Waals surface area contributed by atoms with E-state index >= 15 is 0 Å². The lowest BCUT2D eigenvalue weighted by Gasteiger charge is -2.17. The van der Waals surface area contributed by atoms with E-state index in [1.54, 1.807) is 6.07 Å². The molecule has 1 saturated heterocycles. The number of halogens is 2. The van der Waals surface area contributed by atoms with Crippen molar-refractivity contribution in [2.24, 2.45) is 5.92 Å². The van der Waals surface area contributed by atoms with Gasteiger partial charge in [0.2, 0.25) is 0 Å². The van der Waals surface area contributed by atoms with E-state index in [9.17, 15) is 4.39 Å². The van der Waals surface area contributed by atoms with Crippen molar-refractivity contribution in [3.05, 3.63) is 35.1 Å². The summed E-state index contributed by atoms with van der Waals surface area (Å²) in [6, 6.07) is 5.04. The summed E-state index contributed by atoms with van der Waals surface area (Å²) in [5.41, 5.74) is 2.28. The Morgan fingerprint density at radius 1 is 1.47 bits per heavy atom. The summed E-state index contributed by atoms with van der Waals surface area (Å²) < 4.78 is 13.2. The summed E-state index contributed by atoms with van der Waals surface area (Å²) in [5, 5.41) is 0. The van der Waals surface area contributed by atoms with E-state index < -0.39 is 0 Å². The van der Waals surface area contributed by atoms with Gasteiger partial charge in [0.25, 0.3) is 0 Å². The molecule has 1 aliphatic heterocycles. The Balaban J connectivity index is 1.95. The lowest BCUT2D eigenvalue weighted by molar-refractivity contribution is 0.314. The van der Waals surface area contributed by atoms with Gasteiger partial charge in [0.05, 0.1) is 0 Å². The van der Waals surface area contributed by atoms with Crippen LogP contribution in [0.5, 0.6) is 0 Å². The van der Waals surface area contributed by atoms with Gasteiger partial charge in [-0.05, 0) is 55.5 Å². The van der Waals surface area contributed by atoms with Crippen molar-refractivity contribution in [1.82, 2.24) is 4.90 Å². The maximum Gasteiger partial charge on any atom is 0.123 e. The number of aryl methyl sites for hydroxylation is 1. The number of nitrogens with zero attached hydrogens (tertiary/aromatic N) is 1. The van der Waals surface area contributed by atoms with Gasteiger partial charge in [0.1, 0.15) is 5.82 Å². The summed E-state index contributed by atoms with van der Waals surface area (Å²) in [4.78, 5) is 2.40. The molecule has 0 spiro atoms. The van der Waals surface area contributed by atoms with Crippen LogP contribution in [0.3, 0.4) is 0 Å². The largest absolute Gasteiger partial charge is 0.299 e. The van der Waals surface area contributed by atoms with Crippen LogP contribution in [-0.4, -0.2) is 23.9 Å². The molecule has 0 aliphatic carbocycles. The average Bonchev–Trinajstić information content (AvgIpc) is 2.72. The van der Waals surface area contributed by atoms with Crippen LogP contribution >= 0.6 is 11.6 Å². The number of hydrogen-bond acceptors (Lipinski definition) is 1. The van der Waals surface area contributed by atoms with E-state index in [4.69, 9.17) is 11.6 Å². The van der Waals surface area contributed by atoms with E-state index in [2.05, 4.69) is 4.90 Å². The molecule has 1 unspecified atom stereocenters. The van der Waals surface area contributed by atoms with Gasteiger partial charge in [0, 0.05) is 19.0 Å². The Bertz CT molecular complexity index is 380. The van der Waals surface area contributed by atoms with Gasteiger partial charge >= 0.3 is 0 Å². The number of benzene rings is 1. The van der Waals surface area contributed by atoms with Crippen molar-refractivity contribution in [3.8, 4) is 0 Å². The highest BCUT2D eigenvalue weighted by molar-refractivity contribution is 6.17. The molecule has 1 fully saturated rings. The molecule has 1 aliphatic rings. The van der Waals surface area contributed by atoms with Crippen LogP contribution in [-0.2, 0) is 6.54 Å². The van der Waals surface area contributed by atoms with Gasteiger partial charge in [-0.1, -0.05) is 6.07 Å². The molecular formula is C14H19ClFN. The van der Waals surface area contributed by atoms with Crippen molar-refractivity contribution < 1.29 is 4.39 Å². The van der Waals surface area contributed by atoms with Crippen LogP contribution in [0.15, 0.2) is 18.2 Å². The van der Waals surface area contributed by atoms with Crippen LogP contribution < -0.4 is 0 Å². The second-order valence-electron chi connectivity index (χ2n) is 4.94. The quantitative estimate of drug-likeness (QED) is 0.744. The zero-order chi connectivity index (χ0) is 12.3. The average molecular weight is 256 g/mol. The van der Waals surface area contributed by atoms with Gasteiger partial charge in [-0.15, -0.1) is 11.6 Å². The van der Waals surface area contributed by atoms with Gasteiger partial charge in [0.15, 0.2) is 0 Å². The molecule has 1 nitrogen and oxygen atoms in total. The summed E-state index contributed by atoms with van der Waals surface area (Å²) >= 11 is 5.77. The standard InChI is InChI=1S/C14H19ClFN/c1-11-2-3-14(16)8-13(11)10-17-7-5-12(9-17)4-6-15/h2-3,8,12H,4-7,9-10H2,1H3. The first-order valence-electron chi connectivity index (χ1n) is 6.22. The maximum absolute atomic E-state index is 13.2.